The Kier molecular flexibility index (Phi) is 5.54. The van der Waals surface area contributed by atoms with Crippen molar-refractivity contribution in [3.8, 4) is 0 Å². The van der Waals surface area contributed by atoms with Gasteiger partial charge in [0.2, 0.25) is 0 Å². The number of aliphatic hydroxyl groups excluding tert-OH is 1. The molecule has 0 saturated carbocycles. The minimum atomic E-state index is -2.91. The zero-order chi connectivity index (χ0) is 13.8. The predicted molar refractivity (Wildman–Crippen MR) is 78.5 cm³/mol. The second-order valence-corrected chi connectivity index (χ2v) is 10.0. The van der Waals surface area contributed by atoms with Gasteiger partial charge in [0.1, 0.15) is 0 Å². The third-order valence-corrected chi connectivity index (χ3v) is 8.23. The molecule has 0 saturated heterocycles. The van der Waals surface area contributed by atoms with Crippen molar-refractivity contribution in [1.82, 2.24) is 0 Å². The number of hydrogen-bond acceptors (Lipinski definition) is 1. The fraction of sp³-hybridized carbons (Fsp3) is 0.600. The standard InChI is InChI=1S/C15H25FOSi/c1-12(2)18(16,13(3)4)15-9-5-7-14(11-15)8-6-10-17/h5,7,9,11-13,17H,6,8,10H2,1-4H3. The van der Waals surface area contributed by atoms with E-state index in [4.69, 9.17) is 5.11 Å². The molecule has 1 N–H and O–H groups in total. The fourth-order valence-electron chi connectivity index (χ4n) is 2.58. The molecule has 1 aromatic carbocycles. The average Bonchev–Trinajstić information content (AvgIpc) is 2.35. The van der Waals surface area contributed by atoms with Crippen molar-refractivity contribution in [2.24, 2.45) is 0 Å². The Balaban J connectivity index is 3.06. The molecule has 0 unspecified atom stereocenters. The summed E-state index contributed by atoms with van der Waals surface area (Å²) in [4.78, 5) is 0. The van der Waals surface area contributed by atoms with E-state index in [1.165, 1.54) is 0 Å². The molecule has 1 rings (SSSR count). The van der Waals surface area contributed by atoms with E-state index >= 15 is 4.11 Å². The van der Waals surface area contributed by atoms with Crippen molar-refractivity contribution in [2.45, 2.75) is 51.6 Å². The maximum Gasteiger partial charge on any atom is 0.282 e. The van der Waals surface area contributed by atoms with Gasteiger partial charge in [0, 0.05) is 6.61 Å². The minimum Gasteiger partial charge on any atom is -0.396 e. The summed E-state index contributed by atoms with van der Waals surface area (Å²) in [6.07, 6.45) is 1.57. The van der Waals surface area contributed by atoms with Gasteiger partial charge < -0.3 is 9.21 Å². The third-order valence-electron chi connectivity index (χ3n) is 3.67. The van der Waals surface area contributed by atoms with Crippen LogP contribution in [0, 0.1) is 0 Å². The van der Waals surface area contributed by atoms with Crippen LogP contribution in [0.15, 0.2) is 24.3 Å². The van der Waals surface area contributed by atoms with E-state index < -0.39 is 8.41 Å². The lowest BCUT2D eigenvalue weighted by Crippen LogP contribution is -2.49. The van der Waals surface area contributed by atoms with Crippen molar-refractivity contribution in [2.75, 3.05) is 6.61 Å². The molecule has 18 heavy (non-hydrogen) atoms. The third kappa shape index (κ3) is 3.21. The van der Waals surface area contributed by atoms with Gasteiger partial charge >= 0.3 is 0 Å². The summed E-state index contributed by atoms with van der Waals surface area (Å²) in [7, 11) is -2.91. The normalized spacial score (nSPS) is 12.4. The summed E-state index contributed by atoms with van der Waals surface area (Å²) < 4.78 is 15.4. The van der Waals surface area contributed by atoms with Crippen LogP contribution in [0.1, 0.15) is 39.7 Å². The predicted octanol–water partition coefficient (Wildman–Crippen LogP) is 3.55. The smallest absolute Gasteiger partial charge is 0.282 e. The fourth-order valence-corrected chi connectivity index (χ4v) is 6.01. The molecule has 0 aliphatic carbocycles. The molecule has 1 aromatic rings. The highest BCUT2D eigenvalue weighted by Gasteiger charge is 2.43. The van der Waals surface area contributed by atoms with Crippen LogP contribution in [0.4, 0.5) is 4.11 Å². The molecule has 0 aliphatic heterocycles. The summed E-state index contributed by atoms with van der Waals surface area (Å²) in [6.45, 7) is 8.16. The van der Waals surface area contributed by atoms with Crippen molar-refractivity contribution >= 4 is 13.6 Å². The molecule has 0 fully saturated rings. The first-order valence-electron chi connectivity index (χ1n) is 6.82. The second kappa shape index (κ2) is 6.48. The van der Waals surface area contributed by atoms with Gasteiger partial charge in [0.15, 0.2) is 0 Å². The Morgan fingerprint density at radius 2 is 1.78 bits per heavy atom. The average molecular weight is 268 g/mol. The van der Waals surface area contributed by atoms with Crippen LogP contribution in [-0.4, -0.2) is 20.1 Å². The molecule has 0 spiro atoms. The lowest BCUT2D eigenvalue weighted by molar-refractivity contribution is 0.288. The van der Waals surface area contributed by atoms with Crippen molar-refractivity contribution in [1.29, 1.82) is 0 Å². The number of hydrogen-bond donors (Lipinski definition) is 1. The van der Waals surface area contributed by atoms with E-state index in [0.29, 0.717) is 0 Å². The van der Waals surface area contributed by atoms with Gasteiger partial charge in [0.05, 0.1) is 0 Å². The number of benzene rings is 1. The highest BCUT2D eigenvalue weighted by Crippen LogP contribution is 2.33. The summed E-state index contributed by atoms with van der Waals surface area (Å²) in [6, 6.07) is 7.93. The molecule has 0 aromatic heterocycles. The Morgan fingerprint density at radius 1 is 1.17 bits per heavy atom. The Hall–Kier alpha value is -0.673. The zero-order valence-corrected chi connectivity index (χ0v) is 12.9. The first-order valence-corrected chi connectivity index (χ1v) is 8.85. The molecule has 0 heterocycles. The van der Waals surface area contributed by atoms with Gasteiger partial charge in [-0.1, -0.05) is 52.0 Å². The van der Waals surface area contributed by atoms with Crippen molar-refractivity contribution in [3.05, 3.63) is 29.8 Å². The van der Waals surface area contributed by atoms with E-state index in [2.05, 4.69) is 0 Å². The molecule has 3 heteroatoms. The second-order valence-electron chi connectivity index (χ2n) is 5.60. The highest BCUT2D eigenvalue weighted by atomic mass is 28.4. The number of aliphatic hydroxyl groups is 1. The van der Waals surface area contributed by atoms with Gasteiger partial charge in [-0.15, -0.1) is 0 Å². The van der Waals surface area contributed by atoms with Crippen LogP contribution < -0.4 is 5.19 Å². The topological polar surface area (TPSA) is 20.2 Å². The molecule has 0 bridgehead atoms. The van der Waals surface area contributed by atoms with Gasteiger partial charge in [-0.05, 0) is 34.7 Å². The Morgan fingerprint density at radius 3 is 2.28 bits per heavy atom. The monoisotopic (exact) mass is 268 g/mol. The molecular weight excluding hydrogens is 243 g/mol. The molecule has 102 valence electrons. The van der Waals surface area contributed by atoms with E-state index in [9.17, 15) is 0 Å². The maximum absolute atomic E-state index is 15.4. The molecule has 1 nitrogen and oxygen atoms in total. The molecule has 0 atom stereocenters. The maximum atomic E-state index is 15.4. The first-order chi connectivity index (χ1) is 8.42. The summed E-state index contributed by atoms with van der Waals surface area (Å²) in [5.41, 5.74) is 1.31. The summed E-state index contributed by atoms with van der Waals surface area (Å²) >= 11 is 0. The van der Waals surface area contributed by atoms with Crippen molar-refractivity contribution < 1.29 is 9.21 Å². The van der Waals surface area contributed by atoms with E-state index in [1.54, 1.807) is 0 Å². The van der Waals surface area contributed by atoms with Crippen LogP contribution >= 0.6 is 0 Å². The largest absolute Gasteiger partial charge is 0.396 e. The lowest BCUT2D eigenvalue weighted by atomic mass is 10.1. The van der Waals surface area contributed by atoms with Crippen molar-refractivity contribution in [3.63, 3.8) is 0 Å². The number of aryl methyl sites for hydroxylation is 1. The summed E-state index contributed by atoms with van der Waals surface area (Å²) in [5.74, 6) is 0. The molecule has 0 amide bonds. The number of rotatable bonds is 6. The van der Waals surface area contributed by atoms with Crippen LogP contribution in [0.5, 0.6) is 0 Å². The van der Waals surface area contributed by atoms with Gasteiger partial charge in [-0.3, -0.25) is 0 Å². The van der Waals surface area contributed by atoms with Crippen LogP contribution in [0.3, 0.4) is 0 Å². The van der Waals surface area contributed by atoms with E-state index in [-0.39, 0.29) is 17.7 Å². The SMILES string of the molecule is CC(C)[Si](F)(c1cccc(CCCO)c1)C(C)C. The van der Waals surface area contributed by atoms with Gasteiger partial charge in [-0.2, -0.15) is 0 Å². The lowest BCUT2D eigenvalue weighted by Gasteiger charge is -2.31. The van der Waals surface area contributed by atoms with E-state index in [0.717, 1.165) is 23.6 Å². The Bertz CT molecular complexity index is 369. The zero-order valence-electron chi connectivity index (χ0n) is 11.9. The van der Waals surface area contributed by atoms with E-state index in [1.807, 2.05) is 52.0 Å². The van der Waals surface area contributed by atoms with Crippen LogP contribution in [-0.2, 0) is 6.42 Å². The molecule has 0 aliphatic rings. The van der Waals surface area contributed by atoms with Crippen LogP contribution in [0.25, 0.3) is 0 Å². The summed E-state index contributed by atoms with van der Waals surface area (Å²) in [5, 5.41) is 9.77. The van der Waals surface area contributed by atoms with Gasteiger partial charge in [-0.25, -0.2) is 0 Å². The van der Waals surface area contributed by atoms with Gasteiger partial charge in [0.25, 0.3) is 8.41 Å². The molecule has 0 radical (unpaired) electrons. The number of halogens is 1. The van der Waals surface area contributed by atoms with Crippen LogP contribution in [0.2, 0.25) is 11.1 Å². The molecular formula is C15H25FOSi. The minimum absolute atomic E-state index is 0.0885. The Labute approximate surface area is 111 Å². The highest BCUT2D eigenvalue weighted by molar-refractivity contribution is 6.88. The first kappa shape index (κ1) is 15.4. The quantitative estimate of drug-likeness (QED) is 0.618.